The highest BCUT2D eigenvalue weighted by molar-refractivity contribution is 5.79. The summed E-state index contributed by atoms with van der Waals surface area (Å²) in [6.45, 7) is 0.534. The van der Waals surface area contributed by atoms with Gasteiger partial charge >= 0.3 is 0 Å². The minimum atomic E-state index is 0.184. The van der Waals surface area contributed by atoms with Crippen LogP contribution in [0.5, 0.6) is 0 Å². The van der Waals surface area contributed by atoms with E-state index in [0.29, 0.717) is 12.6 Å². The van der Waals surface area contributed by atoms with Gasteiger partial charge in [-0.25, -0.2) is 0 Å². The zero-order chi connectivity index (χ0) is 13.6. The second-order valence-corrected chi connectivity index (χ2v) is 8.11. The van der Waals surface area contributed by atoms with Crippen molar-refractivity contribution in [1.29, 1.82) is 0 Å². The van der Waals surface area contributed by atoms with Crippen molar-refractivity contribution in [2.75, 3.05) is 6.54 Å². The molecule has 0 heterocycles. The van der Waals surface area contributed by atoms with E-state index in [1.165, 1.54) is 64.2 Å². The molecule has 4 bridgehead atoms. The van der Waals surface area contributed by atoms with Gasteiger partial charge in [-0.2, -0.15) is 0 Å². The lowest BCUT2D eigenvalue weighted by Gasteiger charge is -2.56. The smallest absolute Gasteiger partial charge is 0.234 e. The third kappa shape index (κ3) is 2.49. The minimum absolute atomic E-state index is 0.184. The Bertz CT molecular complexity index is 351. The molecule has 5 fully saturated rings. The molecule has 0 aromatic rings. The van der Waals surface area contributed by atoms with Crippen molar-refractivity contribution in [3.8, 4) is 0 Å². The number of hydrogen-bond donors (Lipinski definition) is 2. The highest BCUT2D eigenvalue weighted by Gasteiger charge is 2.51. The van der Waals surface area contributed by atoms with Crippen LogP contribution in [0.3, 0.4) is 0 Å². The highest BCUT2D eigenvalue weighted by atomic mass is 16.2. The number of hydrogen-bond acceptors (Lipinski definition) is 2. The predicted molar refractivity (Wildman–Crippen MR) is 79.3 cm³/mol. The van der Waals surface area contributed by atoms with E-state index in [9.17, 15) is 4.79 Å². The molecule has 3 heteroatoms. The molecule has 0 atom stereocenters. The topological polar surface area (TPSA) is 41.1 Å². The number of rotatable bonds is 4. The third-order valence-corrected chi connectivity index (χ3v) is 6.35. The van der Waals surface area contributed by atoms with Gasteiger partial charge in [0, 0.05) is 11.6 Å². The van der Waals surface area contributed by atoms with Crippen LogP contribution in [0.25, 0.3) is 0 Å². The van der Waals surface area contributed by atoms with E-state index in [-0.39, 0.29) is 11.4 Å². The summed E-state index contributed by atoms with van der Waals surface area (Å²) in [5, 5.41) is 6.90. The first-order valence-electron chi connectivity index (χ1n) is 8.75. The monoisotopic (exact) mass is 276 g/mol. The average Bonchev–Trinajstić information content (AvgIpc) is 2.87. The van der Waals surface area contributed by atoms with Gasteiger partial charge in [0.1, 0.15) is 0 Å². The van der Waals surface area contributed by atoms with Gasteiger partial charge in [0.2, 0.25) is 5.91 Å². The molecule has 5 aliphatic rings. The number of carbonyl (C=O) groups is 1. The van der Waals surface area contributed by atoms with Gasteiger partial charge in [-0.15, -0.1) is 0 Å². The second-order valence-electron chi connectivity index (χ2n) is 8.11. The Morgan fingerprint density at radius 1 is 0.950 bits per heavy atom. The lowest BCUT2D eigenvalue weighted by molar-refractivity contribution is -0.126. The predicted octanol–water partition coefficient (Wildman–Crippen LogP) is 2.60. The van der Waals surface area contributed by atoms with Gasteiger partial charge < -0.3 is 10.6 Å². The van der Waals surface area contributed by atoms with Gasteiger partial charge in [0.25, 0.3) is 0 Å². The Kier molecular flexibility index (Phi) is 3.29. The molecule has 0 aliphatic heterocycles. The molecule has 2 N–H and O–H groups in total. The van der Waals surface area contributed by atoms with Crippen LogP contribution < -0.4 is 10.6 Å². The molecule has 5 saturated carbocycles. The summed E-state index contributed by atoms with van der Waals surface area (Å²) in [7, 11) is 0. The van der Waals surface area contributed by atoms with Crippen molar-refractivity contribution in [3.63, 3.8) is 0 Å². The normalized spacial score (nSPS) is 43.1. The molecule has 0 aromatic heterocycles. The van der Waals surface area contributed by atoms with Crippen LogP contribution in [0.4, 0.5) is 0 Å². The number of carbonyl (C=O) groups excluding carboxylic acids is 1. The molecular formula is C17H28N2O. The van der Waals surface area contributed by atoms with Gasteiger partial charge in [0.05, 0.1) is 6.54 Å². The fourth-order valence-corrected chi connectivity index (χ4v) is 5.97. The van der Waals surface area contributed by atoms with E-state index in [1.54, 1.807) is 0 Å². The molecule has 20 heavy (non-hydrogen) atoms. The van der Waals surface area contributed by atoms with E-state index >= 15 is 0 Å². The molecule has 3 nitrogen and oxygen atoms in total. The van der Waals surface area contributed by atoms with Gasteiger partial charge in [-0.05, 0) is 69.1 Å². The van der Waals surface area contributed by atoms with Crippen molar-refractivity contribution in [3.05, 3.63) is 0 Å². The van der Waals surface area contributed by atoms with Crippen molar-refractivity contribution in [2.24, 2.45) is 17.8 Å². The van der Waals surface area contributed by atoms with Crippen LogP contribution >= 0.6 is 0 Å². The summed E-state index contributed by atoms with van der Waals surface area (Å²) in [5.41, 5.74) is 0.184. The van der Waals surface area contributed by atoms with Crippen molar-refractivity contribution in [2.45, 2.75) is 75.8 Å². The van der Waals surface area contributed by atoms with E-state index in [4.69, 9.17) is 0 Å². The first kappa shape index (κ1) is 13.1. The highest BCUT2D eigenvalue weighted by Crippen LogP contribution is 2.55. The summed E-state index contributed by atoms with van der Waals surface area (Å²) in [6.07, 6.45) is 13.3. The SMILES string of the molecule is O=C(CNC1CCCC1)NC12CC3CC(CC(C3)C1)C2. The quantitative estimate of drug-likeness (QED) is 0.828. The Hall–Kier alpha value is -0.570. The van der Waals surface area contributed by atoms with Gasteiger partial charge in [0.15, 0.2) is 0 Å². The molecule has 5 aliphatic carbocycles. The Labute approximate surface area is 122 Å². The van der Waals surface area contributed by atoms with Gasteiger partial charge in [-0.3, -0.25) is 4.79 Å². The van der Waals surface area contributed by atoms with Crippen LogP contribution in [0.2, 0.25) is 0 Å². The van der Waals surface area contributed by atoms with Crippen LogP contribution in [0.15, 0.2) is 0 Å². The molecule has 0 unspecified atom stereocenters. The Morgan fingerprint density at radius 3 is 2.05 bits per heavy atom. The largest absolute Gasteiger partial charge is 0.350 e. The lowest BCUT2D eigenvalue weighted by atomic mass is 9.53. The van der Waals surface area contributed by atoms with E-state index in [0.717, 1.165) is 17.8 Å². The molecule has 0 spiro atoms. The summed E-state index contributed by atoms with van der Waals surface area (Å²) < 4.78 is 0. The van der Waals surface area contributed by atoms with E-state index in [1.807, 2.05) is 0 Å². The average molecular weight is 276 g/mol. The molecule has 5 rings (SSSR count). The van der Waals surface area contributed by atoms with Crippen LogP contribution in [0, 0.1) is 17.8 Å². The number of nitrogens with one attached hydrogen (secondary N) is 2. The number of amides is 1. The molecular weight excluding hydrogens is 248 g/mol. The molecule has 0 aromatic carbocycles. The van der Waals surface area contributed by atoms with Gasteiger partial charge in [-0.1, -0.05) is 12.8 Å². The summed E-state index contributed by atoms with van der Waals surface area (Å²) in [6, 6.07) is 0.595. The van der Waals surface area contributed by atoms with E-state index in [2.05, 4.69) is 10.6 Å². The summed E-state index contributed by atoms with van der Waals surface area (Å²) in [4.78, 5) is 12.3. The zero-order valence-electron chi connectivity index (χ0n) is 12.5. The zero-order valence-corrected chi connectivity index (χ0v) is 12.5. The summed E-state index contributed by atoms with van der Waals surface area (Å²) in [5.74, 6) is 2.97. The summed E-state index contributed by atoms with van der Waals surface area (Å²) >= 11 is 0. The first-order valence-corrected chi connectivity index (χ1v) is 8.75. The molecule has 112 valence electrons. The van der Waals surface area contributed by atoms with Crippen LogP contribution in [0.1, 0.15) is 64.2 Å². The Balaban J connectivity index is 1.32. The Morgan fingerprint density at radius 2 is 1.50 bits per heavy atom. The van der Waals surface area contributed by atoms with E-state index < -0.39 is 0 Å². The van der Waals surface area contributed by atoms with Crippen molar-refractivity contribution < 1.29 is 4.79 Å². The molecule has 1 amide bonds. The standard InChI is InChI=1S/C17H28N2O/c20-16(11-18-15-3-1-2-4-15)19-17-8-12-5-13(9-17)7-14(6-12)10-17/h12-15,18H,1-11H2,(H,19,20). The lowest BCUT2D eigenvalue weighted by Crippen LogP contribution is -2.61. The first-order chi connectivity index (χ1) is 9.71. The van der Waals surface area contributed by atoms with Crippen LogP contribution in [-0.4, -0.2) is 24.0 Å². The maximum Gasteiger partial charge on any atom is 0.234 e. The van der Waals surface area contributed by atoms with Crippen molar-refractivity contribution in [1.82, 2.24) is 10.6 Å². The fourth-order valence-electron chi connectivity index (χ4n) is 5.97. The molecule has 0 radical (unpaired) electrons. The maximum absolute atomic E-state index is 12.3. The second kappa shape index (κ2) is 5.01. The fraction of sp³-hybridized carbons (Fsp3) is 0.941. The minimum Gasteiger partial charge on any atom is -0.350 e. The van der Waals surface area contributed by atoms with Crippen LogP contribution in [-0.2, 0) is 4.79 Å². The molecule has 0 saturated heterocycles. The maximum atomic E-state index is 12.3. The van der Waals surface area contributed by atoms with Crippen molar-refractivity contribution >= 4 is 5.91 Å². The third-order valence-electron chi connectivity index (χ3n) is 6.35.